The van der Waals surface area contributed by atoms with Crippen molar-refractivity contribution in [3.8, 4) is 29.1 Å². The van der Waals surface area contributed by atoms with E-state index in [4.69, 9.17) is 41.5 Å². The number of allylic oxidation sites excluding steroid dienone is 4. The molecule has 1 aliphatic heterocycles. The van der Waals surface area contributed by atoms with Crippen molar-refractivity contribution in [1.29, 1.82) is 5.26 Å². The van der Waals surface area contributed by atoms with E-state index in [1.165, 1.54) is 6.08 Å². The first-order valence-corrected chi connectivity index (χ1v) is 9.77. The fourth-order valence-corrected chi connectivity index (χ4v) is 3.09. The molecule has 2 aromatic rings. The van der Waals surface area contributed by atoms with Gasteiger partial charge in [-0.1, -0.05) is 18.2 Å². The number of unbranched alkanes of at least 4 members (excludes halogenated alkanes) is 1. The second-order valence-electron chi connectivity index (χ2n) is 6.41. The van der Waals surface area contributed by atoms with E-state index >= 15 is 0 Å². The number of nitriles is 1. The molecule has 1 aromatic heterocycles. The molecular weight excluding hydrogens is 406 g/mol. The average Bonchev–Trinajstić information content (AvgIpc) is 2.75. The van der Waals surface area contributed by atoms with Crippen LogP contribution in [0, 0.1) is 11.3 Å². The van der Waals surface area contributed by atoms with Gasteiger partial charge < -0.3 is 24.7 Å². The highest BCUT2D eigenvalue weighted by atomic mass is 35.5. The van der Waals surface area contributed by atoms with Gasteiger partial charge in [-0.25, -0.2) is 0 Å². The third kappa shape index (κ3) is 4.78. The number of halogens is 1. The molecule has 156 valence electrons. The van der Waals surface area contributed by atoms with Crippen molar-refractivity contribution in [3.63, 3.8) is 0 Å². The van der Waals surface area contributed by atoms with E-state index in [1.807, 2.05) is 0 Å². The molecule has 0 saturated carbocycles. The van der Waals surface area contributed by atoms with Gasteiger partial charge in [0.2, 0.25) is 5.75 Å². The molecule has 2 heterocycles. The topological polar surface area (TPSA) is 99.6 Å². The number of pyridine rings is 1. The molecule has 0 unspecified atom stereocenters. The number of rotatable bonds is 8. The van der Waals surface area contributed by atoms with E-state index in [0.717, 1.165) is 0 Å². The molecule has 7 nitrogen and oxygen atoms in total. The van der Waals surface area contributed by atoms with Crippen molar-refractivity contribution in [2.24, 2.45) is 5.73 Å². The summed E-state index contributed by atoms with van der Waals surface area (Å²) >= 11 is 6.15. The number of fused-ring (bicyclic) bond motifs is 3. The largest absolute Gasteiger partial charge is 0.489 e. The van der Waals surface area contributed by atoms with Gasteiger partial charge in [0.05, 0.1) is 28.6 Å². The second-order valence-corrected chi connectivity index (χ2v) is 6.81. The first-order chi connectivity index (χ1) is 14.5. The zero-order valence-electron chi connectivity index (χ0n) is 16.6. The lowest BCUT2D eigenvalue weighted by molar-refractivity contribution is 0.164. The van der Waals surface area contributed by atoms with Crippen LogP contribution in [0.15, 0.2) is 53.5 Å². The first kappa shape index (κ1) is 21.3. The van der Waals surface area contributed by atoms with Crippen LogP contribution in [0.1, 0.15) is 19.8 Å². The predicted octanol–water partition coefficient (Wildman–Crippen LogP) is 4.57. The van der Waals surface area contributed by atoms with E-state index in [9.17, 15) is 0 Å². The van der Waals surface area contributed by atoms with Gasteiger partial charge in [-0.05, 0) is 31.6 Å². The lowest BCUT2D eigenvalue weighted by atomic mass is 10.1. The van der Waals surface area contributed by atoms with E-state index in [-0.39, 0.29) is 0 Å². The van der Waals surface area contributed by atoms with Gasteiger partial charge >= 0.3 is 0 Å². The molecule has 0 radical (unpaired) electrons. The number of hydrogen-bond acceptors (Lipinski definition) is 7. The molecule has 2 N–H and O–H groups in total. The standard InChI is InChI=1S/C22H22ClN3O4/c1-3-16(25)15(23)12-14(2)30-18-6-8-26-17-13-19(27-9-5-4-7-24)21-22(20(17)18)29-11-10-28-21/h3,6,8,12-13H,1,4-5,9-11,25H2,2H3/b14-12+,16-15-. The summed E-state index contributed by atoms with van der Waals surface area (Å²) in [6.45, 7) is 6.56. The van der Waals surface area contributed by atoms with E-state index in [0.29, 0.717) is 83.1 Å². The molecule has 0 aliphatic carbocycles. The number of benzene rings is 1. The van der Waals surface area contributed by atoms with Crippen LogP contribution in [0.2, 0.25) is 0 Å². The van der Waals surface area contributed by atoms with Crippen molar-refractivity contribution in [3.05, 3.63) is 53.5 Å². The van der Waals surface area contributed by atoms with Gasteiger partial charge in [-0.2, -0.15) is 5.26 Å². The van der Waals surface area contributed by atoms with Crippen LogP contribution >= 0.6 is 11.6 Å². The van der Waals surface area contributed by atoms with Crippen LogP contribution in [0.4, 0.5) is 0 Å². The molecule has 1 aliphatic rings. The Balaban J connectivity index is 2.00. The first-order valence-electron chi connectivity index (χ1n) is 9.40. The SMILES string of the molecule is C=C/C(N)=C(Cl)\C=C(/C)Oc1ccnc2cc(OCCCC#N)c3c(c12)OCCO3. The fourth-order valence-electron chi connectivity index (χ4n) is 2.86. The monoisotopic (exact) mass is 427 g/mol. The van der Waals surface area contributed by atoms with Crippen molar-refractivity contribution >= 4 is 22.5 Å². The molecule has 0 fully saturated rings. The van der Waals surface area contributed by atoms with Crippen LogP contribution in [0.5, 0.6) is 23.0 Å². The maximum Gasteiger partial charge on any atom is 0.204 e. The number of hydrogen-bond donors (Lipinski definition) is 1. The summed E-state index contributed by atoms with van der Waals surface area (Å²) in [5, 5.41) is 9.69. The Kier molecular flexibility index (Phi) is 7.04. The third-order valence-electron chi connectivity index (χ3n) is 4.23. The predicted molar refractivity (Wildman–Crippen MR) is 115 cm³/mol. The van der Waals surface area contributed by atoms with Gasteiger partial charge in [0.1, 0.15) is 24.7 Å². The summed E-state index contributed by atoms with van der Waals surface area (Å²) in [5.74, 6) is 2.60. The maximum absolute atomic E-state index is 8.70. The number of aromatic nitrogens is 1. The molecule has 3 rings (SSSR count). The van der Waals surface area contributed by atoms with Crippen molar-refractivity contribution < 1.29 is 18.9 Å². The Hall–Kier alpha value is -3.37. The summed E-state index contributed by atoms with van der Waals surface area (Å²) < 4.78 is 23.6. The number of ether oxygens (including phenoxy) is 4. The Bertz CT molecular complexity index is 1060. The van der Waals surface area contributed by atoms with Crippen LogP contribution < -0.4 is 24.7 Å². The maximum atomic E-state index is 8.70. The zero-order valence-corrected chi connectivity index (χ0v) is 17.4. The molecular formula is C22H22ClN3O4. The van der Waals surface area contributed by atoms with Gasteiger partial charge in [0.15, 0.2) is 11.5 Å². The lowest BCUT2D eigenvalue weighted by Gasteiger charge is -2.23. The fraction of sp³-hybridized carbons (Fsp3) is 0.273. The Morgan fingerprint density at radius 1 is 1.37 bits per heavy atom. The van der Waals surface area contributed by atoms with Gasteiger partial charge in [0.25, 0.3) is 0 Å². The highest BCUT2D eigenvalue weighted by Crippen LogP contribution is 2.48. The minimum Gasteiger partial charge on any atom is -0.489 e. The summed E-state index contributed by atoms with van der Waals surface area (Å²) in [4.78, 5) is 4.43. The highest BCUT2D eigenvalue weighted by Gasteiger charge is 2.24. The molecule has 30 heavy (non-hydrogen) atoms. The normalized spacial score (nSPS) is 14.0. The van der Waals surface area contributed by atoms with E-state index < -0.39 is 0 Å². The molecule has 0 amide bonds. The summed E-state index contributed by atoms with van der Waals surface area (Å²) in [5.41, 5.74) is 6.75. The highest BCUT2D eigenvalue weighted by molar-refractivity contribution is 6.31. The van der Waals surface area contributed by atoms with Gasteiger partial charge in [-0.3, -0.25) is 4.98 Å². The Labute approximate surface area is 179 Å². The van der Waals surface area contributed by atoms with Crippen LogP contribution in [0.3, 0.4) is 0 Å². The summed E-state index contributed by atoms with van der Waals surface area (Å²) in [6.07, 6.45) is 5.75. The van der Waals surface area contributed by atoms with Crippen molar-refractivity contribution in [2.45, 2.75) is 19.8 Å². The third-order valence-corrected chi connectivity index (χ3v) is 4.56. The van der Waals surface area contributed by atoms with E-state index in [2.05, 4.69) is 17.6 Å². The minimum absolute atomic E-state index is 0.329. The molecule has 0 saturated heterocycles. The van der Waals surface area contributed by atoms with Crippen LogP contribution in [-0.2, 0) is 0 Å². The average molecular weight is 428 g/mol. The van der Waals surface area contributed by atoms with Gasteiger partial charge in [0, 0.05) is 24.4 Å². The summed E-state index contributed by atoms with van der Waals surface area (Å²) in [7, 11) is 0. The number of nitrogens with two attached hydrogens (primary N) is 1. The molecule has 0 spiro atoms. The van der Waals surface area contributed by atoms with Gasteiger partial charge in [-0.15, -0.1) is 0 Å². The van der Waals surface area contributed by atoms with Crippen molar-refractivity contribution in [2.75, 3.05) is 19.8 Å². The quantitative estimate of drug-likeness (QED) is 0.374. The molecule has 0 atom stereocenters. The second kappa shape index (κ2) is 9.90. The summed E-state index contributed by atoms with van der Waals surface area (Å²) in [6, 6.07) is 5.62. The smallest absolute Gasteiger partial charge is 0.204 e. The zero-order chi connectivity index (χ0) is 21.5. The molecule has 8 heteroatoms. The molecule has 1 aromatic carbocycles. The molecule has 0 bridgehead atoms. The van der Waals surface area contributed by atoms with Crippen LogP contribution in [0.25, 0.3) is 10.9 Å². The Morgan fingerprint density at radius 3 is 2.87 bits per heavy atom. The number of nitrogens with zero attached hydrogens (tertiary/aromatic N) is 2. The van der Waals surface area contributed by atoms with Crippen molar-refractivity contribution in [1.82, 2.24) is 4.98 Å². The van der Waals surface area contributed by atoms with E-state index in [1.54, 1.807) is 31.3 Å². The lowest BCUT2D eigenvalue weighted by Crippen LogP contribution is -2.17. The Morgan fingerprint density at radius 2 is 2.13 bits per heavy atom. The van der Waals surface area contributed by atoms with Crippen LogP contribution in [-0.4, -0.2) is 24.8 Å². The minimum atomic E-state index is 0.329.